The quantitative estimate of drug-likeness (QED) is 0.259. The van der Waals surface area contributed by atoms with E-state index in [-0.39, 0.29) is 24.3 Å². The molecule has 0 amide bonds. The second-order valence-electron chi connectivity index (χ2n) is 7.10. The van der Waals surface area contributed by atoms with Crippen LogP contribution < -0.4 is 16.2 Å². The number of nitrogens with zero attached hydrogens (tertiary/aromatic N) is 3. The van der Waals surface area contributed by atoms with Gasteiger partial charge >= 0.3 is 5.69 Å². The van der Waals surface area contributed by atoms with Crippen molar-refractivity contribution in [2.24, 2.45) is 0 Å². The minimum Gasteiger partial charge on any atom is -0.497 e. The van der Waals surface area contributed by atoms with Crippen LogP contribution in [0.4, 0.5) is 10.2 Å². The summed E-state index contributed by atoms with van der Waals surface area (Å²) in [4.78, 5) is 16.1. The number of hydroxylamine groups is 2. The van der Waals surface area contributed by atoms with Gasteiger partial charge in [-0.05, 0) is 17.7 Å². The summed E-state index contributed by atoms with van der Waals surface area (Å²) in [5, 5.41) is 42.6. The molecule has 0 bridgehead atoms. The first-order valence-electron chi connectivity index (χ1n) is 9.46. The molecule has 4 atom stereocenters. The Labute approximate surface area is 176 Å². The molecule has 1 fully saturated rings. The number of hydrogen-bond acceptors (Lipinski definition) is 10. The SMILES string of the molecule is COc1ccc(CN(O)[C@]2(O)C(n3c(N)c(CCF)cnc3=O)O[C@H](CO)[C@H]2O)cc1. The van der Waals surface area contributed by atoms with Crippen molar-refractivity contribution in [3.05, 3.63) is 52.1 Å². The molecule has 1 aromatic heterocycles. The van der Waals surface area contributed by atoms with Gasteiger partial charge in [-0.1, -0.05) is 12.1 Å². The first-order valence-corrected chi connectivity index (χ1v) is 9.46. The van der Waals surface area contributed by atoms with E-state index in [1.165, 1.54) is 7.11 Å². The molecule has 1 aliphatic rings. The van der Waals surface area contributed by atoms with Gasteiger partial charge in [-0.25, -0.2) is 14.3 Å². The summed E-state index contributed by atoms with van der Waals surface area (Å²) in [6.07, 6.45) is -3.97. The number of methoxy groups -OCH3 is 1. The van der Waals surface area contributed by atoms with Gasteiger partial charge in [0.1, 0.15) is 23.8 Å². The molecule has 11 nitrogen and oxygen atoms in total. The van der Waals surface area contributed by atoms with Gasteiger partial charge in [0.2, 0.25) is 5.72 Å². The minimum atomic E-state index is -2.60. The van der Waals surface area contributed by atoms with Gasteiger partial charge < -0.3 is 35.7 Å². The molecule has 3 rings (SSSR count). The molecule has 0 saturated carbocycles. The number of aliphatic hydroxyl groups is 3. The molecule has 12 heteroatoms. The summed E-state index contributed by atoms with van der Waals surface area (Å²) < 4.78 is 24.1. The number of aromatic nitrogens is 2. The largest absolute Gasteiger partial charge is 0.497 e. The van der Waals surface area contributed by atoms with Crippen LogP contribution in [-0.2, 0) is 17.7 Å². The van der Waals surface area contributed by atoms with Crippen molar-refractivity contribution in [1.82, 2.24) is 14.6 Å². The second-order valence-corrected chi connectivity index (χ2v) is 7.10. The molecule has 1 aromatic carbocycles. The predicted octanol–water partition coefficient (Wildman–Crippen LogP) is -0.823. The highest BCUT2D eigenvalue weighted by atomic mass is 19.1. The number of hydrogen-bond donors (Lipinski definition) is 5. The first-order chi connectivity index (χ1) is 14.8. The van der Waals surface area contributed by atoms with E-state index in [0.717, 1.165) is 10.8 Å². The number of nitrogen functional groups attached to an aromatic ring is 1. The van der Waals surface area contributed by atoms with Crippen LogP contribution in [-0.4, -0.2) is 73.5 Å². The van der Waals surface area contributed by atoms with Crippen molar-refractivity contribution in [3.63, 3.8) is 0 Å². The van der Waals surface area contributed by atoms with Crippen LogP contribution in [0.5, 0.6) is 5.75 Å². The van der Waals surface area contributed by atoms with E-state index in [2.05, 4.69) is 4.98 Å². The number of alkyl halides is 1. The number of anilines is 1. The molecule has 170 valence electrons. The molecular weight excluding hydrogens is 415 g/mol. The van der Waals surface area contributed by atoms with E-state index < -0.39 is 43.1 Å². The van der Waals surface area contributed by atoms with Crippen LogP contribution in [0.2, 0.25) is 0 Å². The predicted molar refractivity (Wildman–Crippen MR) is 105 cm³/mol. The fourth-order valence-corrected chi connectivity index (χ4v) is 3.50. The third-order valence-electron chi connectivity index (χ3n) is 5.26. The molecule has 1 saturated heterocycles. The topological polar surface area (TPSA) is 164 Å². The van der Waals surface area contributed by atoms with Gasteiger partial charge in [-0.15, -0.1) is 5.06 Å². The lowest BCUT2D eigenvalue weighted by molar-refractivity contribution is -0.317. The number of aryl methyl sites for hydroxylation is 1. The van der Waals surface area contributed by atoms with Gasteiger partial charge in [0.25, 0.3) is 0 Å². The van der Waals surface area contributed by atoms with Crippen molar-refractivity contribution >= 4 is 5.82 Å². The van der Waals surface area contributed by atoms with E-state index in [0.29, 0.717) is 16.4 Å². The summed E-state index contributed by atoms with van der Waals surface area (Å²) >= 11 is 0. The van der Waals surface area contributed by atoms with E-state index in [4.69, 9.17) is 15.2 Å². The summed E-state index contributed by atoms with van der Waals surface area (Å²) in [5.74, 6) is 0.328. The van der Waals surface area contributed by atoms with Crippen molar-refractivity contribution in [2.45, 2.75) is 37.1 Å². The van der Waals surface area contributed by atoms with Crippen LogP contribution in [0.3, 0.4) is 0 Å². The average Bonchev–Trinajstić information content (AvgIpc) is 3.02. The molecule has 31 heavy (non-hydrogen) atoms. The van der Waals surface area contributed by atoms with Gasteiger partial charge in [-0.2, -0.15) is 0 Å². The summed E-state index contributed by atoms with van der Waals surface area (Å²) in [6, 6.07) is 6.51. The van der Waals surface area contributed by atoms with Crippen LogP contribution in [0.15, 0.2) is 35.3 Å². The molecule has 0 spiro atoms. The number of nitrogens with two attached hydrogens (primary N) is 1. The molecular formula is C19H25FN4O7. The Kier molecular flexibility index (Phi) is 6.89. The summed E-state index contributed by atoms with van der Waals surface area (Å²) in [7, 11) is 1.50. The maximum Gasteiger partial charge on any atom is 0.351 e. The van der Waals surface area contributed by atoms with Gasteiger partial charge in [-0.3, -0.25) is 4.39 Å². The van der Waals surface area contributed by atoms with Gasteiger partial charge in [0.05, 0.1) is 26.9 Å². The van der Waals surface area contributed by atoms with E-state index in [1.807, 2.05) is 0 Å². The Hall–Kier alpha value is -2.61. The number of halogens is 1. The average molecular weight is 440 g/mol. The molecule has 6 N–H and O–H groups in total. The highest BCUT2D eigenvalue weighted by molar-refractivity contribution is 5.39. The lowest BCUT2D eigenvalue weighted by Gasteiger charge is -2.38. The zero-order valence-corrected chi connectivity index (χ0v) is 16.8. The van der Waals surface area contributed by atoms with Crippen molar-refractivity contribution in [3.8, 4) is 5.75 Å². The lowest BCUT2D eigenvalue weighted by atomic mass is 10.0. The van der Waals surface area contributed by atoms with Crippen LogP contribution in [0.25, 0.3) is 0 Å². The highest BCUT2D eigenvalue weighted by Gasteiger charge is 2.60. The lowest BCUT2D eigenvalue weighted by Crippen LogP contribution is -2.59. The van der Waals surface area contributed by atoms with Crippen LogP contribution >= 0.6 is 0 Å². The molecule has 2 heterocycles. The maximum atomic E-state index is 12.8. The van der Waals surface area contributed by atoms with E-state index in [9.17, 15) is 29.7 Å². The molecule has 1 unspecified atom stereocenters. The third-order valence-corrected chi connectivity index (χ3v) is 5.26. The number of rotatable bonds is 8. The maximum absolute atomic E-state index is 12.8. The molecule has 0 radical (unpaired) electrons. The van der Waals surface area contributed by atoms with Gasteiger partial charge in [0, 0.05) is 18.2 Å². The molecule has 0 aliphatic carbocycles. The normalized spacial score (nSPS) is 25.8. The van der Waals surface area contributed by atoms with E-state index >= 15 is 0 Å². The Balaban J connectivity index is 2.02. The number of aliphatic hydroxyl groups excluding tert-OH is 2. The van der Waals surface area contributed by atoms with Crippen molar-refractivity contribution in [1.29, 1.82) is 0 Å². The van der Waals surface area contributed by atoms with Crippen LogP contribution in [0, 0.1) is 0 Å². The van der Waals surface area contributed by atoms with E-state index in [1.54, 1.807) is 24.3 Å². The van der Waals surface area contributed by atoms with Gasteiger partial charge in [0.15, 0.2) is 6.23 Å². The monoisotopic (exact) mass is 440 g/mol. The second kappa shape index (κ2) is 9.26. The number of benzene rings is 1. The minimum absolute atomic E-state index is 0.148. The summed E-state index contributed by atoms with van der Waals surface area (Å²) in [5.41, 5.74) is 3.15. The zero-order chi connectivity index (χ0) is 22.8. The Morgan fingerprint density at radius 3 is 2.65 bits per heavy atom. The molecule has 1 aliphatic heterocycles. The Bertz CT molecular complexity index is 957. The Morgan fingerprint density at radius 1 is 1.39 bits per heavy atom. The standard InChI is InChI=1S/C19H25FN4O7/c1-30-13-4-2-11(3-5-13)9-23(29)19(28)15(26)14(10-25)31-17(19)24-16(21)12(6-7-20)8-22-18(24)27/h2-5,8,14-15,17,25-26,28-29H,6-7,9-10,21H2,1H3/t14-,15-,17?,19-/m1/s1. The first kappa shape index (κ1) is 23.1. The fraction of sp³-hybridized carbons (Fsp3) is 0.474. The Morgan fingerprint density at radius 2 is 2.06 bits per heavy atom. The number of ether oxygens (including phenoxy) is 2. The smallest absolute Gasteiger partial charge is 0.351 e. The highest BCUT2D eigenvalue weighted by Crippen LogP contribution is 2.41. The summed E-state index contributed by atoms with van der Waals surface area (Å²) in [6.45, 7) is -1.78. The zero-order valence-electron chi connectivity index (χ0n) is 16.8. The third kappa shape index (κ3) is 4.13. The fourth-order valence-electron chi connectivity index (χ4n) is 3.50. The van der Waals surface area contributed by atoms with Crippen molar-refractivity contribution in [2.75, 3.05) is 26.1 Å². The van der Waals surface area contributed by atoms with Crippen LogP contribution in [0.1, 0.15) is 17.4 Å². The molecule has 2 aromatic rings. The van der Waals surface area contributed by atoms with Crippen molar-refractivity contribution < 1.29 is 34.4 Å².